The third-order valence-electron chi connectivity index (χ3n) is 2.21. The Morgan fingerprint density at radius 3 is 1.81 bits per heavy atom. The van der Waals surface area contributed by atoms with Gasteiger partial charge in [0.2, 0.25) is 0 Å². The maximum atomic E-state index is 10.7. The molecule has 0 amide bonds. The van der Waals surface area contributed by atoms with Crippen LogP contribution < -0.4 is 20.9 Å². The molecule has 0 aliphatic carbocycles. The second-order valence-corrected chi connectivity index (χ2v) is 2.97. The average molecular weight is 214 g/mol. The first kappa shape index (κ1) is 11.6. The van der Waals surface area contributed by atoms with Gasteiger partial charge in [-0.1, -0.05) is 6.92 Å². The molecule has 0 bridgehead atoms. The number of hydrogen-bond acceptors (Lipinski definition) is 4. The van der Waals surface area contributed by atoms with Crippen molar-refractivity contribution >= 4 is 23.8 Å². The van der Waals surface area contributed by atoms with E-state index >= 15 is 0 Å². The lowest BCUT2D eigenvalue weighted by Gasteiger charge is -1.93. The Morgan fingerprint density at radius 2 is 1.44 bits per heavy atom. The van der Waals surface area contributed by atoms with Gasteiger partial charge in [0.05, 0.1) is 20.9 Å². The highest BCUT2D eigenvalue weighted by Gasteiger charge is 2.02. The Balaban J connectivity index is 4.49. The first-order chi connectivity index (χ1) is 7.73. The lowest BCUT2D eigenvalue weighted by atomic mass is 10.1. The molecule has 0 fully saturated rings. The normalized spacial score (nSPS) is 8.56. The van der Waals surface area contributed by atoms with Gasteiger partial charge in [-0.3, -0.25) is 0 Å². The zero-order valence-corrected chi connectivity index (χ0v) is 8.42. The van der Waals surface area contributed by atoms with Gasteiger partial charge in [0.15, 0.2) is 0 Å². The Bertz CT molecular complexity index is 753. The van der Waals surface area contributed by atoms with Gasteiger partial charge in [-0.15, -0.1) is 0 Å². The Labute approximate surface area is 89.5 Å². The van der Waals surface area contributed by atoms with E-state index in [0.29, 0.717) is 12.0 Å². The Hall–Kier alpha value is -2.46. The van der Waals surface area contributed by atoms with Crippen molar-refractivity contribution in [3.05, 3.63) is 32.5 Å². The molecule has 0 aliphatic heterocycles. The molecule has 0 unspecified atom stereocenters. The molecule has 0 radical (unpaired) electrons. The van der Waals surface area contributed by atoms with Gasteiger partial charge in [0, 0.05) is 0 Å². The second kappa shape index (κ2) is 4.86. The summed E-state index contributed by atoms with van der Waals surface area (Å²) in [5, 5.41) is -0.706. The molecule has 0 saturated carbocycles. The number of rotatable bonds is 1. The fraction of sp³-hybridized carbons (Fsp3) is 0.167. The molecule has 1 rings (SSSR count). The maximum Gasteiger partial charge on any atom is 0.135 e. The van der Waals surface area contributed by atoms with Crippen LogP contribution in [-0.4, -0.2) is 23.8 Å². The average Bonchev–Trinajstić information content (AvgIpc) is 2.35. The summed E-state index contributed by atoms with van der Waals surface area (Å²) in [6.07, 6.45) is 0.424. The van der Waals surface area contributed by atoms with Gasteiger partial charge >= 0.3 is 0 Å². The summed E-state index contributed by atoms with van der Waals surface area (Å²) in [5.41, 5.74) is 0.450. The lowest BCUT2D eigenvalue weighted by molar-refractivity contribution is 0.561. The molecule has 1 aromatic rings. The van der Waals surface area contributed by atoms with E-state index in [4.69, 9.17) is 0 Å². The first-order valence-electron chi connectivity index (χ1n) is 4.45. The minimum atomic E-state index is -0.291. The lowest BCUT2D eigenvalue weighted by Crippen LogP contribution is -2.52. The Kier molecular flexibility index (Phi) is 3.53. The van der Waals surface area contributed by atoms with Gasteiger partial charge in [-0.05, 0) is 18.1 Å². The van der Waals surface area contributed by atoms with Gasteiger partial charge in [0.1, 0.15) is 23.8 Å². The third kappa shape index (κ3) is 1.69. The molecule has 0 aromatic heterocycles. The van der Waals surface area contributed by atoms with Crippen molar-refractivity contribution in [1.82, 2.24) is 0 Å². The molecule has 0 saturated heterocycles. The molecule has 4 nitrogen and oxygen atoms in total. The van der Waals surface area contributed by atoms with Crippen LogP contribution in [0.25, 0.3) is 0 Å². The van der Waals surface area contributed by atoms with Crippen molar-refractivity contribution in [3.8, 4) is 0 Å². The van der Waals surface area contributed by atoms with Crippen LogP contribution in [0.15, 0.2) is 6.07 Å². The SMILES string of the molecule is CCc1cc(=C=O)c(=C=O)c(=C=O)c1=C=O. The van der Waals surface area contributed by atoms with E-state index in [1.54, 1.807) is 12.9 Å². The van der Waals surface area contributed by atoms with Crippen LogP contribution in [0.4, 0.5) is 0 Å². The van der Waals surface area contributed by atoms with Crippen molar-refractivity contribution in [3.63, 3.8) is 0 Å². The zero-order chi connectivity index (χ0) is 12.1. The molecule has 0 atom stereocenters. The molecule has 0 aliphatic rings. The summed E-state index contributed by atoms with van der Waals surface area (Å²) in [7, 11) is 0. The number of hydrogen-bond donors (Lipinski definition) is 0. The van der Waals surface area contributed by atoms with Gasteiger partial charge < -0.3 is 0 Å². The summed E-state index contributed by atoms with van der Waals surface area (Å²) in [6.45, 7) is 1.74. The summed E-state index contributed by atoms with van der Waals surface area (Å²) in [6, 6.07) is 1.33. The fourth-order valence-corrected chi connectivity index (χ4v) is 1.42. The van der Waals surface area contributed by atoms with E-state index in [-0.39, 0.29) is 20.9 Å². The van der Waals surface area contributed by atoms with Crippen molar-refractivity contribution in [2.75, 3.05) is 0 Å². The topological polar surface area (TPSA) is 68.3 Å². The highest BCUT2D eigenvalue weighted by Crippen LogP contribution is 1.81. The summed E-state index contributed by atoms with van der Waals surface area (Å²) in [4.78, 5) is 42.6. The maximum absolute atomic E-state index is 10.7. The van der Waals surface area contributed by atoms with Crippen LogP contribution >= 0.6 is 0 Å². The molecular weight excluding hydrogens is 208 g/mol. The predicted molar refractivity (Wildman–Crippen MR) is 53.5 cm³/mol. The van der Waals surface area contributed by atoms with E-state index in [0.717, 1.165) is 0 Å². The second-order valence-electron chi connectivity index (χ2n) is 2.97. The van der Waals surface area contributed by atoms with Gasteiger partial charge in [0.25, 0.3) is 0 Å². The van der Waals surface area contributed by atoms with E-state index in [1.807, 2.05) is 0 Å². The van der Waals surface area contributed by atoms with Crippen molar-refractivity contribution in [1.29, 1.82) is 0 Å². The molecule has 1 aromatic carbocycles. The monoisotopic (exact) mass is 214 g/mol. The molecule has 78 valence electrons. The van der Waals surface area contributed by atoms with Crippen molar-refractivity contribution in [2.45, 2.75) is 13.3 Å². The summed E-state index contributed by atoms with van der Waals surface area (Å²) in [5.74, 6) is 6.00. The first-order valence-corrected chi connectivity index (χ1v) is 4.45. The van der Waals surface area contributed by atoms with Crippen molar-refractivity contribution < 1.29 is 19.2 Å². The minimum Gasteiger partial charge on any atom is -0.233 e. The Morgan fingerprint density at radius 1 is 0.875 bits per heavy atom. The minimum absolute atomic E-state index is 0.0464. The van der Waals surface area contributed by atoms with Crippen LogP contribution in [-0.2, 0) is 25.6 Å². The summed E-state index contributed by atoms with van der Waals surface area (Å²) >= 11 is 0. The molecule has 0 spiro atoms. The predicted octanol–water partition coefficient (Wildman–Crippen LogP) is -3.74. The largest absolute Gasteiger partial charge is 0.233 e. The van der Waals surface area contributed by atoms with Crippen LogP contribution in [0.5, 0.6) is 0 Å². The number of carbonyl (C=O) groups excluding carboxylic acids is 4. The van der Waals surface area contributed by atoms with E-state index in [9.17, 15) is 19.2 Å². The van der Waals surface area contributed by atoms with E-state index in [2.05, 4.69) is 0 Å². The van der Waals surface area contributed by atoms with E-state index in [1.165, 1.54) is 23.9 Å². The quantitative estimate of drug-likeness (QED) is 0.482. The number of aryl methyl sites for hydroxylation is 1. The fourth-order valence-electron chi connectivity index (χ4n) is 1.42. The smallest absolute Gasteiger partial charge is 0.135 e. The van der Waals surface area contributed by atoms with Crippen LogP contribution in [0.1, 0.15) is 12.5 Å². The van der Waals surface area contributed by atoms with Crippen LogP contribution in [0.3, 0.4) is 0 Å². The zero-order valence-electron chi connectivity index (χ0n) is 8.42. The molecule has 4 heteroatoms. The molecule has 0 heterocycles. The van der Waals surface area contributed by atoms with E-state index < -0.39 is 0 Å². The third-order valence-corrected chi connectivity index (χ3v) is 2.21. The molecular formula is C12H6O4. The number of benzene rings is 1. The van der Waals surface area contributed by atoms with Crippen LogP contribution in [0, 0.1) is 0 Å². The van der Waals surface area contributed by atoms with Crippen LogP contribution in [0.2, 0.25) is 0 Å². The van der Waals surface area contributed by atoms with Crippen molar-refractivity contribution in [2.24, 2.45) is 0 Å². The highest BCUT2D eigenvalue weighted by atomic mass is 16.1. The summed E-state index contributed by atoms with van der Waals surface area (Å²) < 4.78 is 0. The van der Waals surface area contributed by atoms with Gasteiger partial charge in [-0.25, -0.2) is 19.2 Å². The standard InChI is InChI=1S/C12H6O4/c1-2-8-3-9(4-13)11(6-15)12(7-16)10(8)5-14/h3H,2H2,1H3. The molecule has 0 N–H and O–H groups in total. The molecule has 16 heavy (non-hydrogen) atoms. The van der Waals surface area contributed by atoms with Gasteiger partial charge in [-0.2, -0.15) is 0 Å². The highest BCUT2D eigenvalue weighted by molar-refractivity contribution is 5.63.